The highest BCUT2D eigenvalue weighted by molar-refractivity contribution is 7.89. The van der Waals surface area contributed by atoms with Gasteiger partial charge in [0.2, 0.25) is 10.0 Å². The molecule has 2 heterocycles. The van der Waals surface area contributed by atoms with E-state index in [1.165, 1.54) is 4.31 Å². The van der Waals surface area contributed by atoms with Crippen molar-refractivity contribution in [2.75, 3.05) is 6.54 Å². The van der Waals surface area contributed by atoms with Gasteiger partial charge in [-0.2, -0.15) is 4.31 Å². The summed E-state index contributed by atoms with van der Waals surface area (Å²) in [7, 11) is -3.64. The Morgan fingerprint density at radius 2 is 1.96 bits per heavy atom. The lowest BCUT2D eigenvalue weighted by molar-refractivity contribution is 0.254. The molecule has 0 aliphatic carbocycles. The van der Waals surface area contributed by atoms with Crippen molar-refractivity contribution in [3.8, 4) is 0 Å². The summed E-state index contributed by atoms with van der Waals surface area (Å²) in [5.41, 5.74) is 1.12. The molecule has 5 nitrogen and oxygen atoms in total. The third-order valence-electron chi connectivity index (χ3n) is 4.60. The molecule has 1 fully saturated rings. The highest BCUT2D eigenvalue weighted by atomic mass is 32.2. The average Bonchev–Trinajstić information content (AvgIpc) is 2.62. The molecule has 1 aliphatic heterocycles. The monoisotopic (exact) mass is 346 g/mol. The Labute approximate surface area is 142 Å². The molecule has 3 rings (SSSR count). The van der Waals surface area contributed by atoms with E-state index in [4.69, 9.17) is 0 Å². The van der Waals surface area contributed by atoms with Gasteiger partial charge in [0, 0.05) is 18.3 Å². The number of nitrogens with one attached hydrogen (secondary N) is 1. The van der Waals surface area contributed by atoms with E-state index in [1.807, 2.05) is 19.1 Å². The van der Waals surface area contributed by atoms with Gasteiger partial charge in [0.25, 0.3) is 5.56 Å². The maximum Gasteiger partial charge on any atom is 0.252 e. The zero-order valence-electron chi connectivity index (χ0n) is 13.7. The molecule has 0 spiro atoms. The number of pyridine rings is 1. The van der Waals surface area contributed by atoms with Gasteiger partial charge in [-0.05, 0) is 37.0 Å². The van der Waals surface area contributed by atoms with E-state index in [2.05, 4.69) is 4.98 Å². The smallest absolute Gasteiger partial charge is 0.252 e. The Hall–Kier alpha value is -1.92. The number of hydrogen-bond acceptors (Lipinski definition) is 3. The molecule has 1 aromatic heterocycles. The predicted molar refractivity (Wildman–Crippen MR) is 93.4 cm³/mol. The molecule has 1 aliphatic rings. The number of rotatable bonds is 4. The maximum atomic E-state index is 13.3. The van der Waals surface area contributed by atoms with Crippen LogP contribution in [0.25, 0.3) is 0 Å². The fourth-order valence-corrected chi connectivity index (χ4v) is 5.34. The summed E-state index contributed by atoms with van der Waals surface area (Å²) < 4.78 is 28.1. The molecule has 24 heavy (non-hydrogen) atoms. The second-order valence-electron chi connectivity index (χ2n) is 6.04. The molecule has 0 saturated carbocycles. The first-order valence-electron chi connectivity index (χ1n) is 8.33. The number of aromatic nitrogens is 1. The summed E-state index contributed by atoms with van der Waals surface area (Å²) in [5.74, 6) is 0. The van der Waals surface area contributed by atoms with Crippen molar-refractivity contribution in [1.29, 1.82) is 0 Å². The molecule has 2 aromatic rings. The Morgan fingerprint density at radius 3 is 2.71 bits per heavy atom. The molecule has 6 heteroatoms. The van der Waals surface area contributed by atoms with Gasteiger partial charge in [0.05, 0.1) is 10.9 Å². The summed E-state index contributed by atoms with van der Waals surface area (Å²) in [6, 6.07) is 10.2. The van der Waals surface area contributed by atoms with Gasteiger partial charge >= 0.3 is 0 Å². The van der Waals surface area contributed by atoms with Crippen LogP contribution in [0.15, 0.2) is 52.3 Å². The number of benzene rings is 1. The number of piperidine rings is 1. The molecule has 1 N–H and O–H groups in total. The Bertz CT molecular complexity index is 874. The zero-order chi connectivity index (χ0) is 17.2. The van der Waals surface area contributed by atoms with E-state index in [0.29, 0.717) is 29.8 Å². The third kappa shape index (κ3) is 3.03. The number of aromatic amines is 1. The van der Waals surface area contributed by atoms with Crippen LogP contribution in [0, 0.1) is 0 Å². The normalized spacial score (nSPS) is 19.3. The van der Waals surface area contributed by atoms with Crippen LogP contribution in [0.2, 0.25) is 0 Å². The van der Waals surface area contributed by atoms with Gasteiger partial charge < -0.3 is 4.98 Å². The lowest BCUT2D eigenvalue weighted by Gasteiger charge is -2.34. The van der Waals surface area contributed by atoms with Gasteiger partial charge in [0.1, 0.15) is 0 Å². The Kier molecular flexibility index (Phi) is 4.87. The van der Waals surface area contributed by atoms with Gasteiger partial charge in [-0.15, -0.1) is 0 Å². The van der Waals surface area contributed by atoms with Gasteiger partial charge in [-0.3, -0.25) is 4.79 Å². The highest BCUT2D eigenvalue weighted by Crippen LogP contribution is 2.34. The van der Waals surface area contributed by atoms with Crippen molar-refractivity contribution in [3.05, 3.63) is 64.1 Å². The van der Waals surface area contributed by atoms with Crippen LogP contribution in [0.5, 0.6) is 0 Å². The van der Waals surface area contributed by atoms with Crippen molar-refractivity contribution in [2.24, 2.45) is 0 Å². The zero-order valence-corrected chi connectivity index (χ0v) is 14.6. The first-order chi connectivity index (χ1) is 11.6. The molecule has 1 saturated heterocycles. The standard InChI is InChI=1S/C18H22N2O3S/c1-2-14-8-3-4-11-17(14)24(22,23)20-13-6-5-10-16(20)15-9-7-12-19-18(15)21/h3-4,7-9,11-12,16H,2,5-6,10,13H2,1H3,(H,19,21). The fourth-order valence-electron chi connectivity index (χ4n) is 3.37. The first kappa shape index (κ1) is 16.9. The van der Waals surface area contributed by atoms with E-state index in [1.54, 1.807) is 30.5 Å². The van der Waals surface area contributed by atoms with E-state index in [0.717, 1.165) is 18.4 Å². The van der Waals surface area contributed by atoms with Crippen molar-refractivity contribution in [1.82, 2.24) is 9.29 Å². The van der Waals surface area contributed by atoms with Crippen molar-refractivity contribution < 1.29 is 8.42 Å². The number of nitrogens with zero attached hydrogens (tertiary/aromatic N) is 1. The second kappa shape index (κ2) is 6.91. The maximum absolute atomic E-state index is 13.3. The Balaban J connectivity index is 2.08. The molecule has 0 amide bonds. The first-order valence-corrected chi connectivity index (χ1v) is 9.77. The quantitative estimate of drug-likeness (QED) is 0.925. The van der Waals surface area contributed by atoms with E-state index in [9.17, 15) is 13.2 Å². The van der Waals surface area contributed by atoms with Gasteiger partial charge in [-0.1, -0.05) is 37.6 Å². The Morgan fingerprint density at radius 1 is 1.17 bits per heavy atom. The summed E-state index contributed by atoms with van der Waals surface area (Å²) in [6.07, 6.45) is 4.62. The van der Waals surface area contributed by atoms with Crippen LogP contribution in [0.4, 0.5) is 0 Å². The molecular weight excluding hydrogens is 324 g/mol. The summed E-state index contributed by atoms with van der Waals surface area (Å²) in [6.45, 7) is 2.39. The fraction of sp³-hybridized carbons (Fsp3) is 0.389. The van der Waals surface area contributed by atoms with E-state index in [-0.39, 0.29) is 5.56 Å². The lowest BCUT2D eigenvalue weighted by Crippen LogP contribution is -2.40. The topological polar surface area (TPSA) is 70.2 Å². The molecule has 0 bridgehead atoms. The molecule has 1 aromatic carbocycles. The molecular formula is C18H22N2O3S. The van der Waals surface area contributed by atoms with Crippen LogP contribution in [-0.4, -0.2) is 24.3 Å². The minimum Gasteiger partial charge on any atom is -0.329 e. The van der Waals surface area contributed by atoms with Crippen molar-refractivity contribution in [3.63, 3.8) is 0 Å². The van der Waals surface area contributed by atoms with Crippen LogP contribution in [0.1, 0.15) is 43.4 Å². The minimum atomic E-state index is -3.64. The van der Waals surface area contributed by atoms with Crippen molar-refractivity contribution >= 4 is 10.0 Å². The van der Waals surface area contributed by atoms with Gasteiger partial charge in [0.15, 0.2) is 0 Å². The number of sulfonamides is 1. The second-order valence-corrected chi connectivity index (χ2v) is 7.90. The van der Waals surface area contributed by atoms with E-state index < -0.39 is 16.1 Å². The summed E-state index contributed by atoms with van der Waals surface area (Å²) in [4.78, 5) is 15.2. The molecule has 1 atom stereocenters. The predicted octanol–water partition coefficient (Wildman–Crippen LogP) is 2.85. The molecule has 0 radical (unpaired) electrons. The van der Waals surface area contributed by atoms with Crippen LogP contribution in [-0.2, 0) is 16.4 Å². The third-order valence-corrected chi connectivity index (χ3v) is 6.61. The SMILES string of the molecule is CCc1ccccc1S(=O)(=O)N1CCCCC1c1ccc[nH]c1=O. The summed E-state index contributed by atoms with van der Waals surface area (Å²) >= 11 is 0. The van der Waals surface area contributed by atoms with Crippen LogP contribution < -0.4 is 5.56 Å². The largest absolute Gasteiger partial charge is 0.329 e. The van der Waals surface area contributed by atoms with Gasteiger partial charge in [-0.25, -0.2) is 8.42 Å². The molecule has 1 unspecified atom stereocenters. The van der Waals surface area contributed by atoms with Crippen LogP contribution >= 0.6 is 0 Å². The number of hydrogen-bond donors (Lipinski definition) is 1. The highest BCUT2D eigenvalue weighted by Gasteiger charge is 2.36. The van der Waals surface area contributed by atoms with Crippen molar-refractivity contribution in [2.45, 2.75) is 43.5 Å². The molecule has 128 valence electrons. The van der Waals surface area contributed by atoms with E-state index >= 15 is 0 Å². The summed E-state index contributed by atoms with van der Waals surface area (Å²) in [5, 5.41) is 0. The minimum absolute atomic E-state index is 0.214. The lowest BCUT2D eigenvalue weighted by atomic mass is 9.99. The number of aryl methyl sites for hydroxylation is 1. The van der Waals surface area contributed by atoms with Crippen LogP contribution in [0.3, 0.4) is 0 Å². The number of H-pyrrole nitrogens is 1. The average molecular weight is 346 g/mol.